The van der Waals surface area contributed by atoms with Crippen molar-refractivity contribution in [3.8, 4) is 0 Å². The maximum atomic E-state index is 11.5. The second-order valence-electron chi connectivity index (χ2n) is 5.63. The number of rotatable bonds is 5. The molecule has 6 heteroatoms. The molecule has 1 atom stereocenters. The molecule has 122 valence electrons. The van der Waals surface area contributed by atoms with Crippen LogP contribution in [-0.2, 0) is 7.05 Å². The topological polar surface area (TPSA) is 72.7 Å². The lowest BCUT2D eigenvalue weighted by molar-refractivity contribution is 0.101. The lowest BCUT2D eigenvalue weighted by atomic mass is 10.1. The van der Waals surface area contributed by atoms with Crippen molar-refractivity contribution in [2.45, 2.75) is 19.9 Å². The fourth-order valence-corrected chi connectivity index (χ4v) is 2.61. The Bertz CT molecular complexity index is 857. The Kier molecular flexibility index (Phi) is 4.37. The van der Waals surface area contributed by atoms with E-state index in [0.29, 0.717) is 17.2 Å². The van der Waals surface area contributed by atoms with Crippen molar-refractivity contribution in [2.75, 3.05) is 5.32 Å². The number of carbonyl (C=O) groups is 1. The van der Waals surface area contributed by atoms with E-state index >= 15 is 0 Å². The second-order valence-corrected chi connectivity index (χ2v) is 5.63. The summed E-state index contributed by atoms with van der Waals surface area (Å²) in [6.07, 6.45) is 5.23. The number of nitrogens with zero attached hydrogens (tertiary/aromatic N) is 4. The molecule has 2 heterocycles. The first-order valence-corrected chi connectivity index (χ1v) is 7.69. The Hall–Kier alpha value is -3.02. The van der Waals surface area contributed by atoms with Crippen LogP contribution in [0.3, 0.4) is 0 Å². The van der Waals surface area contributed by atoms with E-state index in [0.717, 1.165) is 11.4 Å². The van der Waals surface area contributed by atoms with E-state index in [1.165, 1.54) is 6.92 Å². The molecule has 6 nitrogen and oxygen atoms in total. The summed E-state index contributed by atoms with van der Waals surface area (Å²) in [5.74, 6) is 1.29. The third-order valence-electron chi connectivity index (χ3n) is 3.88. The maximum absolute atomic E-state index is 11.5. The largest absolute Gasteiger partial charge is 0.340 e. The highest BCUT2D eigenvalue weighted by molar-refractivity contribution is 5.94. The minimum atomic E-state index is -0.186. The monoisotopic (exact) mass is 321 g/mol. The first-order chi connectivity index (χ1) is 11.6. The van der Waals surface area contributed by atoms with Crippen LogP contribution in [0.2, 0.25) is 0 Å². The number of imidazole rings is 1. The third kappa shape index (κ3) is 3.17. The Balaban J connectivity index is 1.97. The summed E-state index contributed by atoms with van der Waals surface area (Å²) < 4.78 is 1.96. The Labute approximate surface area is 140 Å². The maximum Gasteiger partial charge on any atom is 0.223 e. The fraction of sp³-hybridized carbons (Fsp3) is 0.222. The second kappa shape index (κ2) is 6.62. The van der Waals surface area contributed by atoms with Crippen LogP contribution < -0.4 is 5.32 Å². The molecule has 2 aromatic heterocycles. The van der Waals surface area contributed by atoms with Crippen LogP contribution in [-0.4, -0.2) is 25.3 Å². The number of carbonyl (C=O) groups excluding carboxylic acids is 1. The Morgan fingerprint density at radius 1 is 1.21 bits per heavy atom. The highest BCUT2D eigenvalue weighted by Crippen LogP contribution is 2.24. The van der Waals surface area contributed by atoms with Crippen molar-refractivity contribution in [3.63, 3.8) is 0 Å². The summed E-state index contributed by atoms with van der Waals surface area (Å²) in [6, 6.07) is 9.82. The number of hydrogen-bond donors (Lipinski definition) is 1. The zero-order valence-corrected chi connectivity index (χ0v) is 13.9. The SMILES string of the molecule is CC(=O)c1cnc(N[C@H](c2ccccc2)c2nccn2C)nc1C. The molecule has 0 saturated carbocycles. The molecular formula is C18H19N5O. The number of hydrogen-bond acceptors (Lipinski definition) is 5. The number of aromatic nitrogens is 4. The van der Waals surface area contributed by atoms with Gasteiger partial charge in [-0.2, -0.15) is 0 Å². The van der Waals surface area contributed by atoms with Crippen LogP contribution in [0.1, 0.15) is 40.4 Å². The van der Waals surface area contributed by atoms with Gasteiger partial charge in [-0.3, -0.25) is 4.79 Å². The van der Waals surface area contributed by atoms with Crippen molar-refractivity contribution in [3.05, 3.63) is 71.6 Å². The molecule has 0 unspecified atom stereocenters. The minimum absolute atomic E-state index is 0.0391. The normalized spacial score (nSPS) is 12.0. The quantitative estimate of drug-likeness (QED) is 0.732. The van der Waals surface area contributed by atoms with Crippen LogP contribution in [0.4, 0.5) is 5.95 Å². The number of Topliss-reactive ketones (excluding diaryl/α,β-unsaturated/α-hetero) is 1. The highest BCUT2D eigenvalue weighted by atomic mass is 16.1. The van der Waals surface area contributed by atoms with Gasteiger partial charge >= 0.3 is 0 Å². The summed E-state index contributed by atoms with van der Waals surface area (Å²) in [6.45, 7) is 3.32. The molecule has 0 aliphatic carbocycles. The average molecular weight is 321 g/mol. The smallest absolute Gasteiger partial charge is 0.223 e. The first-order valence-electron chi connectivity index (χ1n) is 7.69. The lowest BCUT2D eigenvalue weighted by Gasteiger charge is -2.19. The summed E-state index contributed by atoms with van der Waals surface area (Å²) in [4.78, 5) is 24.7. The van der Waals surface area contributed by atoms with Gasteiger partial charge in [-0.15, -0.1) is 0 Å². The van der Waals surface area contributed by atoms with Gasteiger partial charge in [-0.05, 0) is 19.4 Å². The predicted octanol–water partition coefficient (Wildman–Crippen LogP) is 2.92. The van der Waals surface area contributed by atoms with Crippen LogP contribution in [0.5, 0.6) is 0 Å². The van der Waals surface area contributed by atoms with Gasteiger partial charge in [-0.1, -0.05) is 30.3 Å². The van der Waals surface area contributed by atoms with Crippen molar-refractivity contribution in [1.29, 1.82) is 0 Å². The fourth-order valence-electron chi connectivity index (χ4n) is 2.61. The molecular weight excluding hydrogens is 302 g/mol. The molecule has 0 aliphatic heterocycles. The van der Waals surface area contributed by atoms with E-state index in [2.05, 4.69) is 20.3 Å². The molecule has 1 N–H and O–H groups in total. The van der Waals surface area contributed by atoms with Gasteiger partial charge < -0.3 is 9.88 Å². The Morgan fingerprint density at radius 3 is 2.54 bits per heavy atom. The Morgan fingerprint density at radius 2 is 1.96 bits per heavy atom. The van der Waals surface area contributed by atoms with Crippen LogP contribution in [0.15, 0.2) is 48.9 Å². The van der Waals surface area contributed by atoms with Gasteiger partial charge in [-0.25, -0.2) is 15.0 Å². The zero-order chi connectivity index (χ0) is 17.1. The van der Waals surface area contributed by atoms with E-state index in [-0.39, 0.29) is 11.8 Å². The highest BCUT2D eigenvalue weighted by Gasteiger charge is 2.19. The van der Waals surface area contributed by atoms with E-state index < -0.39 is 0 Å². The number of nitrogens with one attached hydrogen (secondary N) is 1. The molecule has 24 heavy (non-hydrogen) atoms. The summed E-state index contributed by atoms with van der Waals surface area (Å²) in [5, 5.41) is 3.33. The van der Waals surface area contributed by atoms with Gasteiger partial charge in [0, 0.05) is 25.6 Å². The van der Waals surface area contributed by atoms with Gasteiger partial charge in [0.2, 0.25) is 5.95 Å². The number of ketones is 1. The number of benzene rings is 1. The summed E-state index contributed by atoms with van der Waals surface area (Å²) in [5.41, 5.74) is 2.25. The minimum Gasteiger partial charge on any atom is -0.340 e. The van der Waals surface area contributed by atoms with E-state index in [1.54, 1.807) is 12.4 Å². The standard InChI is InChI=1S/C18H19N5O/c1-12-15(13(2)24)11-20-18(21-12)22-16(14-7-5-4-6-8-14)17-19-9-10-23(17)3/h4-11,16H,1-3H3,(H,20,21,22)/t16-/m1/s1. The molecule has 0 spiro atoms. The molecule has 1 aromatic carbocycles. The molecule has 0 aliphatic rings. The van der Waals surface area contributed by atoms with Crippen LogP contribution in [0.25, 0.3) is 0 Å². The number of anilines is 1. The first kappa shape index (κ1) is 15.9. The van der Waals surface area contributed by atoms with Gasteiger partial charge in [0.25, 0.3) is 0 Å². The van der Waals surface area contributed by atoms with Gasteiger partial charge in [0.15, 0.2) is 5.78 Å². The van der Waals surface area contributed by atoms with Crippen molar-refractivity contribution in [2.24, 2.45) is 7.05 Å². The molecule has 0 amide bonds. The van der Waals surface area contributed by atoms with Crippen LogP contribution >= 0.6 is 0 Å². The predicted molar refractivity (Wildman–Crippen MR) is 91.9 cm³/mol. The van der Waals surface area contributed by atoms with E-state index in [9.17, 15) is 4.79 Å². The van der Waals surface area contributed by atoms with Gasteiger partial charge in [0.1, 0.15) is 11.9 Å². The van der Waals surface area contributed by atoms with Crippen molar-refractivity contribution in [1.82, 2.24) is 19.5 Å². The molecule has 3 rings (SSSR count). The number of aryl methyl sites for hydroxylation is 2. The summed E-state index contributed by atoms with van der Waals surface area (Å²) >= 11 is 0. The third-order valence-corrected chi connectivity index (χ3v) is 3.88. The molecule has 3 aromatic rings. The molecule has 0 saturated heterocycles. The van der Waals surface area contributed by atoms with Crippen LogP contribution in [0, 0.1) is 6.92 Å². The van der Waals surface area contributed by atoms with Gasteiger partial charge in [0.05, 0.1) is 11.3 Å². The van der Waals surface area contributed by atoms with E-state index in [1.807, 2.05) is 55.1 Å². The lowest BCUT2D eigenvalue weighted by Crippen LogP contribution is -2.18. The summed E-state index contributed by atoms with van der Waals surface area (Å²) in [7, 11) is 1.95. The van der Waals surface area contributed by atoms with Crippen molar-refractivity contribution < 1.29 is 4.79 Å². The average Bonchev–Trinajstić information content (AvgIpc) is 2.99. The zero-order valence-electron chi connectivity index (χ0n) is 13.9. The van der Waals surface area contributed by atoms with Crippen molar-refractivity contribution >= 4 is 11.7 Å². The van der Waals surface area contributed by atoms with E-state index in [4.69, 9.17) is 0 Å². The molecule has 0 radical (unpaired) electrons. The molecule has 0 bridgehead atoms. The molecule has 0 fully saturated rings.